The van der Waals surface area contributed by atoms with Crippen molar-refractivity contribution in [3.8, 4) is 0 Å². The molecule has 3 heteroatoms. The molecule has 0 saturated heterocycles. The van der Waals surface area contributed by atoms with Crippen LogP contribution in [-0.4, -0.2) is 22.0 Å². The summed E-state index contributed by atoms with van der Waals surface area (Å²) in [6, 6.07) is 6.41. The standard InChI is InChI=1S/C15H25NOS/c1-6-9-16-13(4)14(5)18(17)15-8-7-11(2)10-12(15)3/h7-8,10,13-14,16H,6,9H2,1-5H3. The summed E-state index contributed by atoms with van der Waals surface area (Å²) in [7, 11) is -0.944. The second-order valence-corrected chi connectivity index (χ2v) is 6.79. The summed E-state index contributed by atoms with van der Waals surface area (Å²) in [5, 5.41) is 3.54. The fraction of sp³-hybridized carbons (Fsp3) is 0.600. The second kappa shape index (κ2) is 7.05. The van der Waals surface area contributed by atoms with Gasteiger partial charge >= 0.3 is 0 Å². The molecule has 0 heterocycles. The van der Waals surface area contributed by atoms with Crippen molar-refractivity contribution in [1.29, 1.82) is 0 Å². The average Bonchev–Trinajstić information content (AvgIpc) is 2.34. The van der Waals surface area contributed by atoms with Gasteiger partial charge in [0.05, 0.1) is 16.0 Å². The molecule has 2 nitrogen and oxygen atoms in total. The maximum atomic E-state index is 12.6. The van der Waals surface area contributed by atoms with Gasteiger partial charge in [-0.2, -0.15) is 0 Å². The largest absolute Gasteiger partial charge is 0.313 e. The van der Waals surface area contributed by atoms with Crippen LogP contribution in [0.4, 0.5) is 0 Å². The highest BCUT2D eigenvalue weighted by molar-refractivity contribution is 7.85. The van der Waals surface area contributed by atoms with Gasteiger partial charge in [0.15, 0.2) is 0 Å². The first-order chi connectivity index (χ1) is 8.47. The summed E-state index contributed by atoms with van der Waals surface area (Å²) in [4.78, 5) is 0.971. The van der Waals surface area contributed by atoms with Crippen LogP contribution in [0, 0.1) is 13.8 Å². The van der Waals surface area contributed by atoms with Gasteiger partial charge in [-0.1, -0.05) is 24.6 Å². The van der Waals surface area contributed by atoms with Crippen molar-refractivity contribution < 1.29 is 4.21 Å². The van der Waals surface area contributed by atoms with Gasteiger partial charge in [0.2, 0.25) is 0 Å². The number of nitrogens with one attached hydrogen (secondary N) is 1. The van der Waals surface area contributed by atoms with Gasteiger partial charge in [-0.25, -0.2) is 0 Å². The molecule has 0 aliphatic heterocycles. The number of rotatable bonds is 6. The van der Waals surface area contributed by atoms with E-state index in [9.17, 15) is 4.21 Å². The highest BCUT2D eigenvalue weighted by Gasteiger charge is 2.20. The molecule has 0 saturated carbocycles. The van der Waals surface area contributed by atoms with E-state index in [1.807, 2.05) is 19.1 Å². The number of hydrogen-bond donors (Lipinski definition) is 1. The van der Waals surface area contributed by atoms with E-state index in [1.54, 1.807) is 0 Å². The second-order valence-electron chi connectivity index (χ2n) is 5.01. The Bertz CT molecular complexity index is 417. The maximum Gasteiger partial charge on any atom is 0.0576 e. The SMILES string of the molecule is CCCNC(C)C(C)S(=O)c1ccc(C)cc1C. The minimum Gasteiger partial charge on any atom is -0.313 e. The van der Waals surface area contributed by atoms with Crippen molar-refractivity contribution in [2.45, 2.75) is 57.2 Å². The van der Waals surface area contributed by atoms with Crippen molar-refractivity contribution in [3.05, 3.63) is 29.3 Å². The van der Waals surface area contributed by atoms with Gasteiger partial charge in [-0.15, -0.1) is 0 Å². The number of hydrogen-bond acceptors (Lipinski definition) is 2. The van der Waals surface area contributed by atoms with Crippen LogP contribution in [0.15, 0.2) is 23.1 Å². The van der Waals surface area contributed by atoms with Crippen LogP contribution in [0.5, 0.6) is 0 Å². The lowest BCUT2D eigenvalue weighted by atomic mass is 10.2. The van der Waals surface area contributed by atoms with Crippen molar-refractivity contribution >= 4 is 10.8 Å². The highest BCUT2D eigenvalue weighted by atomic mass is 32.2. The Morgan fingerprint density at radius 2 is 1.94 bits per heavy atom. The van der Waals surface area contributed by atoms with E-state index in [0.717, 1.165) is 23.4 Å². The third-order valence-electron chi connectivity index (χ3n) is 3.31. The Balaban J connectivity index is 2.79. The third kappa shape index (κ3) is 3.92. The molecule has 0 bridgehead atoms. The molecule has 1 rings (SSSR count). The number of benzene rings is 1. The summed E-state index contributed by atoms with van der Waals surface area (Å²) in [5.74, 6) is 0. The molecule has 0 fully saturated rings. The summed E-state index contributed by atoms with van der Waals surface area (Å²) in [5.41, 5.74) is 2.35. The monoisotopic (exact) mass is 267 g/mol. The fourth-order valence-corrected chi connectivity index (χ4v) is 3.39. The normalized spacial score (nSPS) is 16.3. The molecule has 0 aliphatic rings. The van der Waals surface area contributed by atoms with E-state index in [-0.39, 0.29) is 11.3 Å². The molecule has 1 N–H and O–H groups in total. The van der Waals surface area contributed by atoms with Gasteiger partial charge in [0, 0.05) is 10.9 Å². The lowest BCUT2D eigenvalue weighted by molar-refractivity contribution is 0.531. The molecule has 0 spiro atoms. The lowest BCUT2D eigenvalue weighted by Crippen LogP contribution is -2.38. The van der Waals surface area contributed by atoms with Gasteiger partial charge in [-0.3, -0.25) is 4.21 Å². The van der Waals surface area contributed by atoms with Crippen molar-refractivity contribution in [3.63, 3.8) is 0 Å². The molecule has 1 aromatic rings. The Morgan fingerprint density at radius 3 is 2.50 bits per heavy atom. The topological polar surface area (TPSA) is 29.1 Å². The van der Waals surface area contributed by atoms with Crippen molar-refractivity contribution in [2.75, 3.05) is 6.54 Å². The third-order valence-corrected chi connectivity index (χ3v) is 5.28. The fourth-order valence-electron chi connectivity index (χ4n) is 1.95. The van der Waals surface area contributed by atoms with Crippen molar-refractivity contribution in [2.24, 2.45) is 0 Å². The Labute approximate surface area is 114 Å². The molecule has 18 heavy (non-hydrogen) atoms. The van der Waals surface area contributed by atoms with Crippen LogP contribution in [-0.2, 0) is 10.8 Å². The maximum absolute atomic E-state index is 12.6. The average molecular weight is 267 g/mol. The van der Waals surface area contributed by atoms with Gasteiger partial charge in [0.1, 0.15) is 0 Å². The molecule has 1 aromatic carbocycles. The summed E-state index contributed by atoms with van der Waals surface area (Å²) in [6.45, 7) is 11.4. The molecule has 0 amide bonds. The van der Waals surface area contributed by atoms with E-state index in [4.69, 9.17) is 0 Å². The van der Waals surface area contributed by atoms with E-state index < -0.39 is 10.8 Å². The molecule has 0 aromatic heterocycles. The first-order valence-electron chi connectivity index (χ1n) is 6.68. The molecule has 0 radical (unpaired) electrons. The quantitative estimate of drug-likeness (QED) is 0.857. The van der Waals surface area contributed by atoms with Gasteiger partial charge < -0.3 is 5.32 Å². The van der Waals surface area contributed by atoms with Crippen LogP contribution in [0.25, 0.3) is 0 Å². The predicted octanol–water partition coefficient (Wildman–Crippen LogP) is 3.19. The first-order valence-corrected chi connectivity index (χ1v) is 7.89. The van der Waals surface area contributed by atoms with E-state index in [1.165, 1.54) is 5.56 Å². The zero-order valence-corrected chi connectivity index (χ0v) is 12.9. The lowest BCUT2D eigenvalue weighted by Gasteiger charge is -2.21. The zero-order chi connectivity index (χ0) is 13.7. The minimum absolute atomic E-state index is 0.123. The predicted molar refractivity (Wildman–Crippen MR) is 79.5 cm³/mol. The Hall–Kier alpha value is -0.670. The van der Waals surface area contributed by atoms with Crippen LogP contribution in [0.3, 0.4) is 0 Å². The highest BCUT2D eigenvalue weighted by Crippen LogP contribution is 2.19. The van der Waals surface area contributed by atoms with Crippen LogP contribution in [0.2, 0.25) is 0 Å². The molecule has 3 unspecified atom stereocenters. The van der Waals surface area contributed by atoms with Crippen LogP contribution >= 0.6 is 0 Å². The smallest absolute Gasteiger partial charge is 0.0576 e. The Morgan fingerprint density at radius 1 is 1.28 bits per heavy atom. The van der Waals surface area contributed by atoms with Gasteiger partial charge in [-0.05, 0) is 52.3 Å². The van der Waals surface area contributed by atoms with E-state index in [2.05, 4.69) is 39.1 Å². The summed E-state index contributed by atoms with van der Waals surface area (Å²) >= 11 is 0. The Kier molecular flexibility index (Phi) is 6.03. The minimum atomic E-state index is -0.944. The van der Waals surface area contributed by atoms with E-state index >= 15 is 0 Å². The molecule has 0 aliphatic carbocycles. The first kappa shape index (κ1) is 15.4. The van der Waals surface area contributed by atoms with E-state index in [0.29, 0.717) is 0 Å². The summed E-state index contributed by atoms with van der Waals surface area (Å²) in [6.07, 6.45) is 1.10. The molecule has 3 atom stereocenters. The molecular weight excluding hydrogens is 242 g/mol. The molecule has 102 valence electrons. The van der Waals surface area contributed by atoms with Crippen LogP contribution < -0.4 is 5.32 Å². The van der Waals surface area contributed by atoms with Crippen LogP contribution in [0.1, 0.15) is 38.3 Å². The van der Waals surface area contributed by atoms with Crippen molar-refractivity contribution in [1.82, 2.24) is 5.32 Å². The van der Waals surface area contributed by atoms with Gasteiger partial charge in [0.25, 0.3) is 0 Å². The molecular formula is C15H25NOS. The summed E-state index contributed by atoms with van der Waals surface area (Å²) < 4.78 is 12.6. The zero-order valence-electron chi connectivity index (χ0n) is 12.1. The number of aryl methyl sites for hydroxylation is 2.